The molecular weight excluding hydrogens is 347 g/mol. The number of ketones is 1. The summed E-state index contributed by atoms with van der Waals surface area (Å²) >= 11 is 0. The first-order valence-corrected chi connectivity index (χ1v) is 7.42. The Bertz CT molecular complexity index is 853. The number of halogens is 3. The summed E-state index contributed by atoms with van der Waals surface area (Å²) in [7, 11) is 0. The summed E-state index contributed by atoms with van der Waals surface area (Å²) < 4.78 is 38.8. The molecule has 26 heavy (non-hydrogen) atoms. The second-order valence-electron chi connectivity index (χ2n) is 5.22. The smallest absolute Gasteiger partial charge is 0.289 e. The zero-order valence-corrected chi connectivity index (χ0v) is 13.3. The average Bonchev–Trinajstić information content (AvgIpc) is 2.64. The highest BCUT2D eigenvalue weighted by Gasteiger charge is 2.34. The van der Waals surface area contributed by atoms with Gasteiger partial charge in [0.15, 0.2) is 5.78 Å². The van der Waals surface area contributed by atoms with E-state index in [0.717, 1.165) is 24.3 Å². The number of hydroxylamine groups is 1. The van der Waals surface area contributed by atoms with Crippen molar-refractivity contribution in [1.82, 2.24) is 5.48 Å². The first-order chi connectivity index (χ1) is 12.3. The lowest BCUT2D eigenvalue weighted by atomic mass is 10.0. The van der Waals surface area contributed by atoms with Crippen LogP contribution in [-0.4, -0.2) is 16.9 Å². The molecule has 0 heterocycles. The molecule has 4 nitrogen and oxygen atoms in total. The molecule has 0 aliphatic rings. The molecule has 2 N–H and O–H groups in total. The number of hydrogen-bond acceptors (Lipinski definition) is 3. The largest absolute Gasteiger partial charge is 0.417 e. The predicted octanol–water partition coefficient (Wildman–Crippen LogP) is 4.12. The van der Waals surface area contributed by atoms with Crippen LogP contribution in [0.15, 0.2) is 60.7 Å². The van der Waals surface area contributed by atoms with E-state index < -0.39 is 29.0 Å². The molecule has 2 aromatic carbocycles. The number of rotatable bonds is 5. The Hall–Kier alpha value is -3.19. The summed E-state index contributed by atoms with van der Waals surface area (Å²) in [6.45, 7) is 0. The van der Waals surface area contributed by atoms with Crippen LogP contribution in [0.1, 0.15) is 27.0 Å². The van der Waals surface area contributed by atoms with Crippen LogP contribution in [0, 0.1) is 0 Å². The van der Waals surface area contributed by atoms with Crippen molar-refractivity contribution in [1.29, 1.82) is 0 Å². The third-order valence-corrected chi connectivity index (χ3v) is 3.40. The van der Waals surface area contributed by atoms with E-state index in [2.05, 4.69) is 0 Å². The van der Waals surface area contributed by atoms with Gasteiger partial charge in [-0.2, -0.15) is 13.2 Å². The van der Waals surface area contributed by atoms with Crippen molar-refractivity contribution >= 4 is 23.8 Å². The number of nitrogens with one attached hydrogen (secondary N) is 1. The van der Waals surface area contributed by atoms with Crippen molar-refractivity contribution in [2.45, 2.75) is 6.18 Å². The second kappa shape index (κ2) is 8.26. The number of carbonyl (C=O) groups excluding carboxylic acids is 2. The minimum absolute atomic E-state index is 0.411. The van der Waals surface area contributed by atoms with Crippen molar-refractivity contribution in [3.8, 4) is 0 Å². The molecule has 2 aromatic rings. The molecule has 0 atom stereocenters. The van der Waals surface area contributed by atoms with Gasteiger partial charge in [0.2, 0.25) is 0 Å². The third-order valence-electron chi connectivity index (χ3n) is 3.40. The molecule has 0 radical (unpaired) electrons. The maximum atomic E-state index is 12.9. The number of benzene rings is 2. The molecule has 0 unspecified atom stereocenters. The second-order valence-corrected chi connectivity index (χ2v) is 5.22. The Labute approximate surface area is 147 Å². The lowest BCUT2D eigenvalue weighted by molar-refractivity contribution is -0.137. The van der Waals surface area contributed by atoms with Gasteiger partial charge in [0, 0.05) is 11.6 Å². The standard InChI is InChI=1S/C19H14F3NO3/c20-19(21,22)16-4-2-1-3-15(16)17(24)11-9-13-5-7-14(8-6-13)10-12-18(25)23-26/h1-12,26H,(H,23,25). The lowest BCUT2D eigenvalue weighted by Crippen LogP contribution is -2.14. The normalized spacial score (nSPS) is 11.8. The molecule has 0 aliphatic carbocycles. The van der Waals surface area contributed by atoms with Crippen molar-refractivity contribution in [3.63, 3.8) is 0 Å². The lowest BCUT2D eigenvalue weighted by Gasteiger charge is -2.10. The summed E-state index contributed by atoms with van der Waals surface area (Å²) in [5.74, 6) is -1.43. The Balaban J connectivity index is 2.14. The molecule has 0 fully saturated rings. The first-order valence-electron chi connectivity index (χ1n) is 7.42. The highest BCUT2D eigenvalue weighted by molar-refractivity contribution is 6.07. The van der Waals surface area contributed by atoms with Crippen molar-refractivity contribution in [3.05, 3.63) is 82.9 Å². The van der Waals surface area contributed by atoms with Crippen LogP contribution >= 0.6 is 0 Å². The van der Waals surface area contributed by atoms with E-state index in [4.69, 9.17) is 5.21 Å². The van der Waals surface area contributed by atoms with Crippen LogP contribution in [0.5, 0.6) is 0 Å². The van der Waals surface area contributed by atoms with Crippen molar-refractivity contribution in [2.75, 3.05) is 0 Å². The highest BCUT2D eigenvalue weighted by Crippen LogP contribution is 2.32. The molecule has 134 valence electrons. The van der Waals surface area contributed by atoms with E-state index >= 15 is 0 Å². The zero-order chi connectivity index (χ0) is 19.2. The molecule has 0 saturated carbocycles. The van der Waals surface area contributed by atoms with E-state index in [0.29, 0.717) is 11.1 Å². The summed E-state index contributed by atoms with van der Waals surface area (Å²) in [5, 5.41) is 8.38. The van der Waals surface area contributed by atoms with Gasteiger partial charge in [-0.15, -0.1) is 0 Å². The molecular formula is C19H14F3NO3. The third kappa shape index (κ3) is 5.15. The molecule has 0 bridgehead atoms. The molecule has 7 heteroatoms. The maximum Gasteiger partial charge on any atom is 0.417 e. The van der Waals surface area contributed by atoms with E-state index in [1.54, 1.807) is 24.3 Å². The number of hydrogen-bond donors (Lipinski definition) is 2. The Morgan fingerprint density at radius 3 is 1.96 bits per heavy atom. The van der Waals surface area contributed by atoms with E-state index in [1.807, 2.05) is 0 Å². The summed E-state index contributed by atoms with van der Waals surface area (Å²) in [6.07, 6.45) is 0.471. The average molecular weight is 361 g/mol. The SMILES string of the molecule is O=C(C=Cc1ccc(C=CC(=O)c2ccccc2C(F)(F)F)cc1)NO. The van der Waals surface area contributed by atoms with Crippen LogP contribution < -0.4 is 5.48 Å². The molecule has 1 amide bonds. The molecule has 0 aliphatic heterocycles. The maximum absolute atomic E-state index is 12.9. The van der Waals surface area contributed by atoms with Gasteiger partial charge in [-0.05, 0) is 29.3 Å². The van der Waals surface area contributed by atoms with E-state index in [9.17, 15) is 22.8 Å². The monoisotopic (exact) mass is 361 g/mol. The number of amides is 1. The molecule has 0 spiro atoms. The minimum Gasteiger partial charge on any atom is -0.289 e. The van der Waals surface area contributed by atoms with Crippen molar-refractivity contribution in [2.24, 2.45) is 0 Å². The highest BCUT2D eigenvalue weighted by atomic mass is 19.4. The van der Waals surface area contributed by atoms with E-state index in [-0.39, 0.29) is 0 Å². The Morgan fingerprint density at radius 2 is 1.42 bits per heavy atom. The van der Waals surface area contributed by atoms with Gasteiger partial charge in [-0.3, -0.25) is 14.8 Å². The molecule has 2 rings (SSSR count). The quantitative estimate of drug-likeness (QED) is 0.364. The van der Waals surface area contributed by atoms with Crippen LogP contribution in [-0.2, 0) is 11.0 Å². The van der Waals surface area contributed by atoms with Gasteiger partial charge in [0.05, 0.1) is 5.56 Å². The summed E-state index contributed by atoms with van der Waals surface area (Å²) in [5.41, 5.74) is 1.34. The van der Waals surface area contributed by atoms with E-state index in [1.165, 1.54) is 29.8 Å². The number of allylic oxidation sites excluding steroid dienone is 1. The molecule has 0 saturated heterocycles. The predicted molar refractivity (Wildman–Crippen MR) is 90.2 cm³/mol. The van der Waals surface area contributed by atoms with Gasteiger partial charge in [-0.1, -0.05) is 48.5 Å². The van der Waals surface area contributed by atoms with Gasteiger partial charge in [-0.25, -0.2) is 5.48 Å². The Kier molecular flexibility index (Phi) is 6.08. The van der Waals surface area contributed by atoms with Gasteiger partial charge in [0.1, 0.15) is 0 Å². The van der Waals surface area contributed by atoms with Crippen LogP contribution in [0.25, 0.3) is 12.2 Å². The first kappa shape index (κ1) is 19.1. The summed E-state index contributed by atoms with van der Waals surface area (Å²) in [4.78, 5) is 23.0. The fraction of sp³-hybridized carbons (Fsp3) is 0.0526. The van der Waals surface area contributed by atoms with Gasteiger partial charge < -0.3 is 0 Å². The zero-order valence-electron chi connectivity index (χ0n) is 13.3. The summed E-state index contributed by atoms with van der Waals surface area (Å²) in [6, 6.07) is 11.2. The fourth-order valence-corrected chi connectivity index (χ4v) is 2.13. The van der Waals surface area contributed by atoms with Gasteiger partial charge >= 0.3 is 6.18 Å². The number of alkyl halides is 3. The van der Waals surface area contributed by atoms with Crippen LogP contribution in [0.3, 0.4) is 0 Å². The topological polar surface area (TPSA) is 66.4 Å². The Morgan fingerprint density at radius 1 is 0.885 bits per heavy atom. The van der Waals surface area contributed by atoms with Gasteiger partial charge in [0.25, 0.3) is 5.91 Å². The number of carbonyl (C=O) groups is 2. The fourth-order valence-electron chi connectivity index (χ4n) is 2.13. The van der Waals surface area contributed by atoms with Crippen LogP contribution in [0.4, 0.5) is 13.2 Å². The van der Waals surface area contributed by atoms with Crippen molar-refractivity contribution < 1.29 is 28.0 Å². The minimum atomic E-state index is -4.60. The molecule has 0 aromatic heterocycles. The van der Waals surface area contributed by atoms with Crippen LogP contribution in [0.2, 0.25) is 0 Å².